The number of tetrazole rings is 1. The molecule has 39 heavy (non-hydrogen) atoms. The Hall–Kier alpha value is -4.54. The number of halogens is 3. The van der Waals surface area contributed by atoms with E-state index >= 15 is 0 Å². The average Bonchev–Trinajstić information content (AvgIpc) is 3.33. The Bertz CT molecular complexity index is 1450. The second-order valence-corrected chi connectivity index (χ2v) is 9.96. The fraction of sp³-hybridized carbons (Fsp3) is 0.250. The van der Waals surface area contributed by atoms with Crippen molar-refractivity contribution < 1.29 is 22.8 Å². The number of nitrogens with zero attached hydrogens (tertiary/aromatic N) is 5. The molecule has 1 N–H and O–H groups in total. The van der Waals surface area contributed by atoms with Crippen LogP contribution in [0.1, 0.15) is 37.9 Å². The predicted octanol–water partition coefficient (Wildman–Crippen LogP) is 4.44. The maximum absolute atomic E-state index is 14.2. The van der Waals surface area contributed by atoms with E-state index in [1.807, 2.05) is 0 Å². The number of hydrogen-bond donors (Lipinski definition) is 1. The van der Waals surface area contributed by atoms with Crippen LogP contribution in [0.4, 0.5) is 13.2 Å². The van der Waals surface area contributed by atoms with E-state index < -0.39 is 47.4 Å². The SMILES string of the molecule is CC(C)(C)NC(=O)[C@@H](c1ccc(F)cc1)N(Cc1ccc(F)cc1)C(=O)Cn1nnc(-c2ccccc2F)n1. The van der Waals surface area contributed by atoms with Gasteiger partial charge >= 0.3 is 0 Å². The number of nitrogens with one attached hydrogen (secondary N) is 1. The molecule has 202 valence electrons. The van der Waals surface area contributed by atoms with Crippen LogP contribution in [0.25, 0.3) is 11.4 Å². The summed E-state index contributed by atoms with van der Waals surface area (Å²) in [6, 6.07) is 15.5. The van der Waals surface area contributed by atoms with Crippen LogP contribution < -0.4 is 5.32 Å². The minimum Gasteiger partial charge on any atom is -0.349 e. The third kappa shape index (κ3) is 7.07. The van der Waals surface area contributed by atoms with Crippen molar-refractivity contribution in [1.29, 1.82) is 0 Å². The first-order valence-corrected chi connectivity index (χ1v) is 12.1. The molecular weight excluding hydrogens is 509 g/mol. The molecule has 0 spiro atoms. The highest BCUT2D eigenvalue weighted by Gasteiger charge is 2.34. The topological polar surface area (TPSA) is 93.0 Å². The monoisotopic (exact) mass is 536 g/mol. The van der Waals surface area contributed by atoms with E-state index in [1.54, 1.807) is 26.8 Å². The lowest BCUT2D eigenvalue weighted by Crippen LogP contribution is -2.49. The second-order valence-electron chi connectivity index (χ2n) is 9.96. The molecule has 0 aliphatic heterocycles. The number of aromatic nitrogens is 4. The Morgan fingerprint density at radius 3 is 2.15 bits per heavy atom. The highest BCUT2D eigenvalue weighted by molar-refractivity contribution is 5.89. The molecule has 0 bridgehead atoms. The van der Waals surface area contributed by atoms with Gasteiger partial charge in [-0.25, -0.2) is 13.2 Å². The molecule has 4 rings (SSSR count). The van der Waals surface area contributed by atoms with E-state index in [0.29, 0.717) is 11.1 Å². The Balaban J connectivity index is 1.71. The molecule has 1 aromatic heterocycles. The van der Waals surface area contributed by atoms with E-state index in [9.17, 15) is 22.8 Å². The lowest BCUT2D eigenvalue weighted by Gasteiger charge is -2.33. The maximum atomic E-state index is 14.2. The third-order valence-electron chi connectivity index (χ3n) is 5.67. The van der Waals surface area contributed by atoms with Crippen LogP contribution in [0.5, 0.6) is 0 Å². The molecule has 2 amide bonds. The molecule has 1 heterocycles. The fourth-order valence-electron chi connectivity index (χ4n) is 3.94. The van der Waals surface area contributed by atoms with Crippen LogP contribution in [-0.4, -0.2) is 42.5 Å². The summed E-state index contributed by atoms with van der Waals surface area (Å²) in [6.07, 6.45) is 0. The van der Waals surface area contributed by atoms with Gasteiger partial charge in [-0.2, -0.15) is 4.80 Å². The molecule has 0 saturated heterocycles. The first kappa shape index (κ1) is 27.5. The quantitative estimate of drug-likeness (QED) is 0.359. The van der Waals surface area contributed by atoms with Crippen molar-refractivity contribution in [2.24, 2.45) is 0 Å². The molecule has 0 unspecified atom stereocenters. The van der Waals surface area contributed by atoms with Gasteiger partial charge in [-0.15, -0.1) is 10.2 Å². The van der Waals surface area contributed by atoms with Gasteiger partial charge in [0.2, 0.25) is 17.6 Å². The van der Waals surface area contributed by atoms with Crippen molar-refractivity contribution >= 4 is 11.8 Å². The largest absolute Gasteiger partial charge is 0.349 e. The Labute approximate surface area is 223 Å². The first-order valence-electron chi connectivity index (χ1n) is 12.1. The van der Waals surface area contributed by atoms with E-state index in [2.05, 4.69) is 20.7 Å². The summed E-state index contributed by atoms with van der Waals surface area (Å²) in [7, 11) is 0. The van der Waals surface area contributed by atoms with Crippen LogP contribution in [0.3, 0.4) is 0 Å². The highest BCUT2D eigenvalue weighted by Crippen LogP contribution is 2.26. The van der Waals surface area contributed by atoms with Crippen molar-refractivity contribution in [3.63, 3.8) is 0 Å². The number of carbonyl (C=O) groups excluding carboxylic acids is 2. The van der Waals surface area contributed by atoms with E-state index in [0.717, 1.165) is 4.80 Å². The predicted molar refractivity (Wildman–Crippen MR) is 137 cm³/mol. The summed E-state index contributed by atoms with van der Waals surface area (Å²) in [4.78, 5) is 29.6. The number of benzene rings is 3. The first-order chi connectivity index (χ1) is 18.5. The lowest BCUT2D eigenvalue weighted by atomic mass is 10.0. The van der Waals surface area contributed by atoms with Crippen molar-refractivity contribution in [2.75, 3.05) is 0 Å². The second kappa shape index (κ2) is 11.5. The molecule has 0 fully saturated rings. The van der Waals surface area contributed by atoms with Crippen molar-refractivity contribution in [1.82, 2.24) is 30.4 Å². The highest BCUT2D eigenvalue weighted by atomic mass is 19.1. The van der Waals surface area contributed by atoms with Crippen LogP contribution >= 0.6 is 0 Å². The molecule has 3 aromatic carbocycles. The summed E-state index contributed by atoms with van der Waals surface area (Å²) in [5.41, 5.74) is 0.404. The van der Waals surface area contributed by atoms with Gasteiger partial charge < -0.3 is 10.2 Å². The molecule has 0 aliphatic rings. The summed E-state index contributed by atoms with van der Waals surface area (Å²) in [6.45, 7) is 4.88. The zero-order chi connectivity index (χ0) is 28.2. The smallest absolute Gasteiger partial charge is 0.247 e. The van der Waals surface area contributed by atoms with Crippen LogP contribution in [0, 0.1) is 17.5 Å². The van der Waals surface area contributed by atoms with Gasteiger partial charge in [-0.1, -0.05) is 36.4 Å². The summed E-state index contributed by atoms with van der Waals surface area (Å²) < 4.78 is 41.5. The van der Waals surface area contributed by atoms with E-state index in [4.69, 9.17) is 0 Å². The molecule has 1 atom stereocenters. The molecule has 4 aromatic rings. The zero-order valence-electron chi connectivity index (χ0n) is 21.6. The molecule has 11 heteroatoms. The van der Waals surface area contributed by atoms with E-state index in [-0.39, 0.29) is 17.9 Å². The minimum atomic E-state index is -1.17. The molecule has 0 radical (unpaired) electrons. The third-order valence-corrected chi connectivity index (χ3v) is 5.67. The zero-order valence-corrected chi connectivity index (χ0v) is 21.6. The lowest BCUT2D eigenvalue weighted by molar-refractivity contribution is -0.143. The summed E-state index contributed by atoms with van der Waals surface area (Å²) in [5.74, 6) is -2.58. The summed E-state index contributed by atoms with van der Waals surface area (Å²) >= 11 is 0. The Morgan fingerprint density at radius 1 is 0.923 bits per heavy atom. The fourth-order valence-corrected chi connectivity index (χ4v) is 3.94. The Morgan fingerprint density at radius 2 is 1.54 bits per heavy atom. The molecule has 0 aliphatic carbocycles. The molecular formula is C28H27F3N6O2. The number of amides is 2. The van der Waals surface area contributed by atoms with Gasteiger partial charge in [0.1, 0.15) is 30.0 Å². The standard InChI is InChI=1S/C28H27F3N6O2/c1-28(2,3)32-27(39)25(19-10-14-21(30)15-11-19)36(16-18-8-12-20(29)13-9-18)24(38)17-37-34-26(33-35-37)22-6-4-5-7-23(22)31/h4-15,25H,16-17H2,1-3H3,(H,32,39)/t25-/m1/s1. The van der Waals surface area contributed by atoms with Crippen LogP contribution in [0.2, 0.25) is 0 Å². The average molecular weight is 537 g/mol. The van der Waals surface area contributed by atoms with Gasteiger partial charge in [-0.3, -0.25) is 9.59 Å². The number of carbonyl (C=O) groups is 2. The minimum absolute atomic E-state index is 0.00783. The molecule has 8 nitrogen and oxygen atoms in total. The van der Waals surface area contributed by atoms with Crippen molar-refractivity contribution in [3.8, 4) is 11.4 Å². The normalized spacial score (nSPS) is 12.2. The Kier molecular flexibility index (Phi) is 8.08. The maximum Gasteiger partial charge on any atom is 0.247 e. The number of hydrogen-bond acceptors (Lipinski definition) is 5. The van der Waals surface area contributed by atoms with Crippen LogP contribution in [-0.2, 0) is 22.7 Å². The number of rotatable bonds is 8. The van der Waals surface area contributed by atoms with Gasteiger partial charge in [0.15, 0.2) is 0 Å². The van der Waals surface area contributed by atoms with Gasteiger partial charge in [0.05, 0.1) is 5.56 Å². The summed E-state index contributed by atoms with van der Waals surface area (Å²) in [5, 5.41) is 14.8. The van der Waals surface area contributed by atoms with Gasteiger partial charge in [0, 0.05) is 12.1 Å². The van der Waals surface area contributed by atoms with Gasteiger partial charge in [-0.05, 0) is 73.5 Å². The van der Waals surface area contributed by atoms with Crippen molar-refractivity contribution in [3.05, 3.63) is 101 Å². The van der Waals surface area contributed by atoms with Crippen molar-refractivity contribution in [2.45, 2.75) is 45.4 Å². The van der Waals surface area contributed by atoms with Crippen LogP contribution in [0.15, 0.2) is 72.8 Å². The van der Waals surface area contributed by atoms with Gasteiger partial charge in [0.25, 0.3) is 0 Å². The van der Waals surface area contributed by atoms with E-state index in [1.165, 1.54) is 71.6 Å². The molecule has 0 saturated carbocycles.